The Kier molecular flexibility index (Phi) is 5.07. The predicted molar refractivity (Wildman–Crippen MR) is 77.5 cm³/mol. The first kappa shape index (κ1) is 13.6. The van der Waals surface area contributed by atoms with E-state index in [1.807, 2.05) is 0 Å². The fourth-order valence-electron chi connectivity index (χ4n) is 2.66. The van der Waals surface area contributed by atoms with Crippen molar-refractivity contribution in [1.29, 1.82) is 0 Å². The van der Waals surface area contributed by atoms with E-state index < -0.39 is 0 Å². The summed E-state index contributed by atoms with van der Waals surface area (Å²) >= 11 is 5.27. The van der Waals surface area contributed by atoms with E-state index in [0.717, 1.165) is 9.35 Å². The highest BCUT2D eigenvalue weighted by atomic mass is 79.9. The lowest BCUT2D eigenvalue weighted by atomic mass is 9.87. The van der Waals surface area contributed by atoms with Crippen LogP contribution in [0.3, 0.4) is 0 Å². The molecular formula is C14H21BrOS. The number of hydrogen-bond donors (Lipinski definition) is 1. The van der Waals surface area contributed by atoms with Crippen LogP contribution in [-0.2, 0) is 0 Å². The van der Waals surface area contributed by atoms with Crippen LogP contribution in [0.25, 0.3) is 0 Å². The van der Waals surface area contributed by atoms with Gasteiger partial charge in [0.2, 0.25) is 0 Å². The molecule has 0 aromatic carbocycles. The zero-order chi connectivity index (χ0) is 12.3. The molecule has 0 bridgehead atoms. The summed E-state index contributed by atoms with van der Waals surface area (Å²) in [6.07, 6.45) is 8.77. The summed E-state index contributed by atoms with van der Waals surface area (Å²) in [5.74, 6) is 0.472. The van der Waals surface area contributed by atoms with Crippen LogP contribution in [0, 0.1) is 12.8 Å². The van der Waals surface area contributed by atoms with Crippen LogP contribution in [0.1, 0.15) is 60.8 Å². The Balaban J connectivity index is 2.04. The van der Waals surface area contributed by atoms with Gasteiger partial charge in [0.05, 0.1) is 6.10 Å². The summed E-state index contributed by atoms with van der Waals surface area (Å²) in [4.78, 5) is 2.41. The number of thiophene rings is 1. The molecule has 1 aliphatic carbocycles. The largest absolute Gasteiger partial charge is 0.387 e. The van der Waals surface area contributed by atoms with E-state index in [1.54, 1.807) is 11.3 Å². The fourth-order valence-corrected chi connectivity index (χ4v) is 4.30. The fraction of sp³-hybridized carbons (Fsp3) is 0.714. The van der Waals surface area contributed by atoms with Crippen molar-refractivity contribution in [2.75, 3.05) is 0 Å². The van der Waals surface area contributed by atoms with Gasteiger partial charge in [-0.25, -0.2) is 0 Å². The van der Waals surface area contributed by atoms with Gasteiger partial charge in [-0.05, 0) is 47.7 Å². The van der Waals surface area contributed by atoms with E-state index in [-0.39, 0.29) is 6.10 Å². The molecule has 0 spiro atoms. The van der Waals surface area contributed by atoms with Gasteiger partial charge >= 0.3 is 0 Å². The van der Waals surface area contributed by atoms with E-state index in [0.29, 0.717) is 5.92 Å². The van der Waals surface area contributed by atoms with Crippen molar-refractivity contribution in [3.05, 3.63) is 20.3 Å². The Morgan fingerprint density at radius 1 is 1.24 bits per heavy atom. The van der Waals surface area contributed by atoms with Gasteiger partial charge in [0.15, 0.2) is 0 Å². The summed E-state index contributed by atoms with van der Waals surface area (Å²) in [6.45, 7) is 2.10. The second-order valence-electron chi connectivity index (χ2n) is 5.10. The van der Waals surface area contributed by atoms with Crippen molar-refractivity contribution < 1.29 is 5.11 Å². The van der Waals surface area contributed by atoms with Crippen molar-refractivity contribution in [3.8, 4) is 0 Å². The smallest absolute Gasteiger partial charge is 0.0910 e. The van der Waals surface area contributed by atoms with Crippen molar-refractivity contribution in [3.63, 3.8) is 0 Å². The molecule has 17 heavy (non-hydrogen) atoms. The molecule has 1 unspecified atom stereocenters. The highest BCUT2D eigenvalue weighted by molar-refractivity contribution is 9.10. The Hall–Kier alpha value is 0.140. The maximum atomic E-state index is 10.5. The summed E-state index contributed by atoms with van der Waals surface area (Å²) in [6, 6.07) is 2.10. The van der Waals surface area contributed by atoms with Gasteiger partial charge in [0.25, 0.3) is 0 Å². The number of aliphatic hydroxyl groups is 1. The van der Waals surface area contributed by atoms with Crippen LogP contribution >= 0.6 is 27.3 Å². The van der Waals surface area contributed by atoms with Gasteiger partial charge in [-0.1, -0.05) is 32.1 Å². The molecule has 1 atom stereocenters. The van der Waals surface area contributed by atoms with Crippen LogP contribution in [0.15, 0.2) is 10.5 Å². The van der Waals surface area contributed by atoms with Gasteiger partial charge < -0.3 is 5.11 Å². The second kappa shape index (κ2) is 6.35. The van der Waals surface area contributed by atoms with Crippen molar-refractivity contribution in [2.24, 2.45) is 5.92 Å². The lowest BCUT2D eigenvalue weighted by Gasteiger charge is -2.24. The topological polar surface area (TPSA) is 20.2 Å². The molecule has 1 aromatic rings. The van der Waals surface area contributed by atoms with Crippen molar-refractivity contribution in [2.45, 2.75) is 58.0 Å². The third kappa shape index (κ3) is 3.55. The molecule has 1 aliphatic rings. The predicted octanol–water partition coefficient (Wildman–Crippen LogP) is 5.21. The zero-order valence-corrected chi connectivity index (χ0v) is 12.8. The summed E-state index contributed by atoms with van der Waals surface area (Å²) in [5, 5.41) is 10.5. The molecular weight excluding hydrogens is 296 g/mol. The molecule has 96 valence electrons. The minimum Gasteiger partial charge on any atom is -0.387 e. The van der Waals surface area contributed by atoms with Gasteiger partial charge in [0.1, 0.15) is 0 Å². The van der Waals surface area contributed by atoms with Crippen LogP contribution in [0.2, 0.25) is 0 Å². The number of hydrogen-bond acceptors (Lipinski definition) is 2. The van der Waals surface area contributed by atoms with Crippen LogP contribution in [-0.4, -0.2) is 5.11 Å². The number of aryl methyl sites for hydroxylation is 1. The zero-order valence-electron chi connectivity index (χ0n) is 10.4. The standard InChI is InChI=1S/C14H21BrOS/c1-10-12(15)9-13(17-10)14(16)11-7-5-3-2-4-6-8-11/h9,11,14,16H,2-8H2,1H3. The summed E-state index contributed by atoms with van der Waals surface area (Å²) in [7, 11) is 0. The first-order valence-electron chi connectivity index (χ1n) is 6.62. The van der Waals surface area contributed by atoms with Crippen LogP contribution in [0.4, 0.5) is 0 Å². The Labute approximate surface area is 116 Å². The minimum atomic E-state index is -0.247. The monoisotopic (exact) mass is 316 g/mol. The normalized spacial score (nSPS) is 20.9. The SMILES string of the molecule is Cc1sc(C(O)C2CCCCCCC2)cc1Br. The molecule has 1 fully saturated rings. The lowest BCUT2D eigenvalue weighted by Crippen LogP contribution is -2.13. The third-order valence-electron chi connectivity index (χ3n) is 3.76. The summed E-state index contributed by atoms with van der Waals surface area (Å²) < 4.78 is 1.14. The molecule has 0 aliphatic heterocycles. The molecule has 1 heterocycles. The van der Waals surface area contributed by atoms with Crippen molar-refractivity contribution in [1.82, 2.24) is 0 Å². The molecule has 1 saturated carbocycles. The number of rotatable bonds is 2. The molecule has 1 N–H and O–H groups in total. The Morgan fingerprint density at radius 3 is 2.35 bits per heavy atom. The van der Waals surface area contributed by atoms with Gasteiger partial charge in [0, 0.05) is 14.2 Å². The van der Waals surface area contributed by atoms with E-state index in [4.69, 9.17) is 0 Å². The van der Waals surface area contributed by atoms with Crippen LogP contribution < -0.4 is 0 Å². The first-order chi connectivity index (χ1) is 8.18. The Bertz CT molecular complexity index is 334. The van der Waals surface area contributed by atoms with Crippen molar-refractivity contribution >= 4 is 27.3 Å². The summed E-state index contributed by atoms with van der Waals surface area (Å²) in [5.41, 5.74) is 0. The maximum Gasteiger partial charge on any atom is 0.0910 e. The molecule has 0 saturated heterocycles. The van der Waals surface area contributed by atoms with Crippen LogP contribution in [0.5, 0.6) is 0 Å². The Morgan fingerprint density at radius 2 is 1.82 bits per heavy atom. The van der Waals surface area contributed by atoms with E-state index in [1.165, 1.54) is 49.8 Å². The third-order valence-corrected chi connectivity index (χ3v) is 5.97. The average Bonchev–Trinajstić information content (AvgIpc) is 2.58. The second-order valence-corrected chi connectivity index (χ2v) is 7.25. The van der Waals surface area contributed by atoms with E-state index in [2.05, 4.69) is 28.9 Å². The molecule has 0 amide bonds. The number of halogens is 1. The maximum absolute atomic E-state index is 10.5. The lowest BCUT2D eigenvalue weighted by molar-refractivity contribution is 0.0944. The molecule has 1 aromatic heterocycles. The molecule has 0 radical (unpaired) electrons. The number of aliphatic hydroxyl groups excluding tert-OH is 1. The highest BCUT2D eigenvalue weighted by Gasteiger charge is 2.23. The average molecular weight is 317 g/mol. The quantitative estimate of drug-likeness (QED) is 0.793. The molecule has 2 rings (SSSR count). The van der Waals surface area contributed by atoms with Gasteiger partial charge in [-0.2, -0.15) is 0 Å². The minimum absolute atomic E-state index is 0.247. The highest BCUT2D eigenvalue weighted by Crippen LogP contribution is 2.38. The van der Waals surface area contributed by atoms with Gasteiger partial charge in [-0.3, -0.25) is 0 Å². The molecule has 1 nitrogen and oxygen atoms in total. The molecule has 3 heteroatoms. The van der Waals surface area contributed by atoms with E-state index >= 15 is 0 Å². The van der Waals surface area contributed by atoms with Gasteiger partial charge in [-0.15, -0.1) is 11.3 Å². The van der Waals surface area contributed by atoms with E-state index in [9.17, 15) is 5.11 Å². The first-order valence-corrected chi connectivity index (χ1v) is 8.23.